The first kappa shape index (κ1) is 13.2. The van der Waals surface area contributed by atoms with Crippen LogP contribution in [0, 0.1) is 17.0 Å². The highest BCUT2D eigenvalue weighted by molar-refractivity contribution is 5.64. The van der Waals surface area contributed by atoms with Crippen LogP contribution in [-0.2, 0) is 0 Å². The van der Waals surface area contributed by atoms with Crippen molar-refractivity contribution in [3.63, 3.8) is 0 Å². The molecule has 1 aromatic heterocycles. The molecule has 1 atom stereocenters. The van der Waals surface area contributed by atoms with Gasteiger partial charge in [0.15, 0.2) is 0 Å². The summed E-state index contributed by atoms with van der Waals surface area (Å²) in [4.78, 5) is 10.5. The molecule has 0 fully saturated rings. The lowest BCUT2D eigenvalue weighted by Crippen LogP contribution is -2.12. The number of hydrogen-bond donors (Lipinski definition) is 1. The van der Waals surface area contributed by atoms with Crippen molar-refractivity contribution in [1.29, 1.82) is 0 Å². The molecule has 0 aliphatic carbocycles. The number of hydrogen-bond acceptors (Lipinski definition) is 6. The van der Waals surface area contributed by atoms with Crippen molar-refractivity contribution in [2.45, 2.75) is 19.9 Å². The third kappa shape index (κ3) is 2.45. The number of benzene rings is 1. The second-order valence-electron chi connectivity index (χ2n) is 4.16. The van der Waals surface area contributed by atoms with Crippen LogP contribution in [-0.4, -0.2) is 22.2 Å². The molecular weight excluding hydrogens is 248 g/mol. The summed E-state index contributed by atoms with van der Waals surface area (Å²) in [5, 5.41) is 21.7. The quantitative estimate of drug-likeness (QED) is 0.670. The highest BCUT2D eigenvalue weighted by Gasteiger charge is 2.19. The smallest absolute Gasteiger partial charge is 0.273 e. The summed E-state index contributed by atoms with van der Waals surface area (Å²) < 4.78 is 5.53. The first-order chi connectivity index (χ1) is 9.04. The normalized spacial score (nSPS) is 12.4. The number of nitrogens with zero attached hydrogens (tertiary/aromatic N) is 3. The Kier molecular flexibility index (Phi) is 3.57. The molecule has 0 amide bonds. The molecular formula is C12H14N4O3. The summed E-state index contributed by atoms with van der Waals surface area (Å²) in [6, 6.07) is 4.71. The van der Waals surface area contributed by atoms with Crippen LogP contribution < -0.4 is 5.32 Å². The van der Waals surface area contributed by atoms with Gasteiger partial charge in [0.25, 0.3) is 5.69 Å². The lowest BCUT2D eigenvalue weighted by Gasteiger charge is -2.03. The molecule has 1 unspecified atom stereocenters. The van der Waals surface area contributed by atoms with Crippen LogP contribution in [0.4, 0.5) is 5.69 Å². The van der Waals surface area contributed by atoms with Crippen LogP contribution in [0.1, 0.15) is 24.4 Å². The van der Waals surface area contributed by atoms with E-state index in [2.05, 4.69) is 15.5 Å². The summed E-state index contributed by atoms with van der Waals surface area (Å²) in [5.74, 6) is 0.738. The molecule has 19 heavy (non-hydrogen) atoms. The maximum absolute atomic E-state index is 10.9. The Balaban J connectivity index is 2.45. The first-order valence-electron chi connectivity index (χ1n) is 5.79. The summed E-state index contributed by atoms with van der Waals surface area (Å²) in [6.45, 7) is 3.55. The molecule has 0 aliphatic heterocycles. The van der Waals surface area contributed by atoms with Crippen LogP contribution in [0.15, 0.2) is 22.6 Å². The number of aromatic nitrogens is 2. The van der Waals surface area contributed by atoms with Gasteiger partial charge in [0.05, 0.1) is 11.0 Å². The van der Waals surface area contributed by atoms with Gasteiger partial charge in [0.2, 0.25) is 11.8 Å². The Hall–Kier alpha value is -2.28. The molecule has 1 heterocycles. The van der Waals surface area contributed by atoms with E-state index < -0.39 is 4.92 Å². The molecule has 7 heteroatoms. The molecule has 0 spiro atoms. The number of rotatable bonds is 4. The average molecular weight is 262 g/mol. The van der Waals surface area contributed by atoms with Crippen molar-refractivity contribution in [1.82, 2.24) is 15.5 Å². The highest BCUT2D eigenvalue weighted by Crippen LogP contribution is 2.29. The van der Waals surface area contributed by atoms with E-state index >= 15 is 0 Å². The molecule has 0 aliphatic rings. The van der Waals surface area contributed by atoms with E-state index in [1.54, 1.807) is 26.1 Å². The molecule has 0 saturated heterocycles. The van der Waals surface area contributed by atoms with E-state index in [0.717, 1.165) is 0 Å². The SMILES string of the molecule is CNC(C)c1nnc(-c2cccc([N+](=O)[O-])c2C)o1. The zero-order chi connectivity index (χ0) is 14.0. The maximum atomic E-state index is 10.9. The van der Waals surface area contributed by atoms with E-state index in [1.807, 2.05) is 6.92 Å². The van der Waals surface area contributed by atoms with Gasteiger partial charge in [-0.3, -0.25) is 10.1 Å². The fourth-order valence-corrected chi connectivity index (χ4v) is 1.69. The Morgan fingerprint density at radius 3 is 2.79 bits per heavy atom. The Morgan fingerprint density at radius 2 is 2.16 bits per heavy atom. The standard InChI is InChI=1S/C12H14N4O3/c1-7-9(5-4-6-10(7)16(17)18)12-15-14-11(19-12)8(2)13-3/h4-6,8,13H,1-3H3. The Bertz CT molecular complexity index is 609. The van der Waals surface area contributed by atoms with Crippen molar-refractivity contribution in [2.24, 2.45) is 0 Å². The summed E-state index contributed by atoms with van der Waals surface area (Å²) in [5.41, 5.74) is 1.13. The van der Waals surface area contributed by atoms with Gasteiger partial charge in [-0.15, -0.1) is 10.2 Å². The van der Waals surface area contributed by atoms with E-state index in [4.69, 9.17) is 4.42 Å². The highest BCUT2D eigenvalue weighted by atomic mass is 16.6. The molecule has 0 bridgehead atoms. The number of nitro groups is 1. The lowest BCUT2D eigenvalue weighted by molar-refractivity contribution is -0.385. The van der Waals surface area contributed by atoms with Crippen LogP contribution in [0.3, 0.4) is 0 Å². The summed E-state index contributed by atoms with van der Waals surface area (Å²) >= 11 is 0. The van der Waals surface area contributed by atoms with Gasteiger partial charge >= 0.3 is 0 Å². The second-order valence-corrected chi connectivity index (χ2v) is 4.16. The van der Waals surface area contributed by atoms with Crippen molar-refractivity contribution in [3.8, 4) is 11.5 Å². The van der Waals surface area contributed by atoms with Gasteiger partial charge in [-0.1, -0.05) is 6.07 Å². The molecule has 0 radical (unpaired) electrons. The lowest BCUT2D eigenvalue weighted by atomic mass is 10.1. The van der Waals surface area contributed by atoms with Gasteiger partial charge in [-0.25, -0.2) is 0 Å². The van der Waals surface area contributed by atoms with Crippen LogP contribution >= 0.6 is 0 Å². The Labute approximate surface area is 109 Å². The summed E-state index contributed by atoms with van der Waals surface area (Å²) in [7, 11) is 1.78. The first-order valence-corrected chi connectivity index (χ1v) is 5.79. The van der Waals surface area contributed by atoms with Crippen LogP contribution in [0.2, 0.25) is 0 Å². The zero-order valence-corrected chi connectivity index (χ0v) is 10.9. The second kappa shape index (κ2) is 5.15. The average Bonchev–Trinajstić information content (AvgIpc) is 2.87. The van der Waals surface area contributed by atoms with Crippen molar-refractivity contribution in [3.05, 3.63) is 39.8 Å². The van der Waals surface area contributed by atoms with E-state index in [0.29, 0.717) is 22.9 Å². The fourth-order valence-electron chi connectivity index (χ4n) is 1.69. The molecule has 0 saturated carbocycles. The van der Waals surface area contributed by atoms with Gasteiger partial charge < -0.3 is 9.73 Å². The molecule has 1 N–H and O–H groups in total. The molecule has 100 valence electrons. The molecule has 1 aromatic carbocycles. The minimum absolute atomic E-state index is 0.0407. The maximum Gasteiger partial charge on any atom is 0.273 e. The predicted octanol–water partition coefficient (Wildman–Crippen LogP) is 2.23. The third-order valence-corrected chi connectivity index (χ3v) is 2.98. The van der Waals surface area contributed by atoms with Gasteiger partial charge in [-0.05, 0) is 27.0 Å². The van der Waals surface area contributed by atoms with E-state index in [9.17, 15) is 10.1 Å². The molecule has 2 rings (SSSR count). The topological polar surface area (TPSA) is 94.1 Å². The van der Waals surface area contributed by atoms with Crippen molar-refractivity contribution >= 4 is 5.69 Å². The summed E-state index contributed by atoms with van der Waals surface area (Å²) in [6.07, 6.45) is 0. The number of nitrogens with one attached hydrogen (secondary N) is 1. The van der Waals surface area contributed by atoms with Crippen LogP contribution in [0.25, 0.3) is 11.5 Å². The van der Waals surface area contributed by atoms with Gasteiger partial charge in [-0.2, -0.15) is 0 Å². The van der Waals surface area contributed by atoms with E-state index in [-0.39, 0.29) is 11.7 Å². The number of nitro benzene ring substituents is 1. The third-order valence-electron chi connectivity index (χ3n) is 2.98. The minimum Gasteiger partial charge on any atom is -0.419 e. The van der Waals surface area contributed by atoms with Gasteiger partial charge in [0.1, 0.15) is 0 Å². The molecule has 7 nitrogen and oxygen atoms in total. The fraction of sp³-hybridized carbons (Fsp3) is 0.333. The monoisotopic (exact) mass is 262 g/mol. The molecule has 2 aromatic rings. The predicted molar refractivity (Wildman–Crippen MR) is 68.6 cm³/mol. The van der Waals surface area contributed by atoms with Gasteiger partial charge in [0, 0.05) is 17.2 Å². The minimum atomic E-state index is -0.424. The van der Waals surface area contributed by atoms with Crippen LogP contribution in [0.5, 0.6) is 0 Å². The Morgan fingerprint density at radius 1 is 1.42 bits per heavy atom. The van der Waals surface area contributed by atoms with Crippen molar-refractivity contribution in [2.75, 3.05) is 7.05 Å². The van der Waals surface area contributed by atoms with E-state index in [1.165, 1.54) is 6.07 Å². The zero-order valence-electron chi connectivity index (χ0n) is 10.9. The largest absolute Gasteiger partial charge is 0.419 e. The van der Waals surface area contributed by atoms with Crippen molar-refractivity contribution < 1.29 is 9.34 Å².